The number of carbonyl (C=O) groups excluding carboxylic acids is 1. The van der Waals surface area contributed by atoms with Gasteiger partial charge in [0, 0.05) is 0 Å². The van der Waals surface area contributed by atoms with Crippen LogP contribution in [0.25, 0.3) is 15.9 Å². The zero-order chi connectivity index (χ0) is 9.54. The Bertz CT molecular complexity index is 623. The number of aldehydes is 1. The molecule has 3 rings (SSSR count). The van der Waals surface area contributed by atoms with Crippen LogP contribution in [0.15, 0.2) is 29.8 Å². The molecule has 0 spiro atoms. The highest BCUT2D eigenvalue weighted by Gasteiger charge is 2.05. The van der Waals surface area contributed by atoms with E-state index in [9.17, 15) is 4.79 Å². The fourth-order valence-electron chi connectivity index (χ4n) is 1.63. The van der Waals surface area contributed by atoms with Crippen LogP contribution in [0.2, 0.25) is 0 Å². The third-order valence-corrected chi connectivity index (χ3v) is 3.05. The maximum atomic E-state index is 10.8. The van der Waals surface area contributed by atoms with Gasteiger partial charge in [0.05, 0.1) is 22.9 Å². The van der Waals surface area contributed by atoms with E-state index in [1.54, 1.807) is 23.6 Å². The molecule has 0 N–H and O–H groups in total. The molecule has 0 radical (unpaired) electrons. The minimum Gasteiger partial charge on any atom is -0.303 e. The van der Waals surface area contributed by atoms with E-state index in [0.717, 1.165) is 22.1 Å². The number of carbonyl (C=O) groups is 1. The van der Waals surface area contributed by atoms with Crippen molar-refractivity contribution in [2.24, 2.45) is 0 Å². The molecule has 0 atom stereocenters. The van der Waals surface area contributed by atoms with Crippen LogP contribution in [0.5, 0.6) is 0 Å². The predicted molar refractivity (Wildman–Crippen MR) is 56.0 cm³/mol. The number of aromatic nitrogens is 2. The minimum atomic E-state index is 0.672. The van der Waals surface area contributed by atoms with Crippen molar-refractivity contribution in [3.8, 4) is 0 Å². The maximum absolute atomic E-state index is 10.8. The molecule has 0 aliphatic carbocycles. The lowest BCUT2D eigenvalue weighted by molar-refractivity contribution is 0.111. The van der Waals surface area contributed by atoms with E-state index in [1.807, 2.05) is 21.9 Å². The molecule has 0 aliphatic rings. The van der Waals surface area contributed by atoms with Gasteiger partial charge >= 0.3 is 0 Å². The second kappa shape index (κ2) is 2.65. The largest absolute Gasteiger partial charge is 0.303 e. The Morgan fingerprint density at radius 3 is 3.14 bits per heavy atom. The standard InChI is InChI=1S/C10H6N2OS/c13-6-8-2-1-7-5-11-10-9(12(7)8)3-4-14-10/h1-6H. The van der Waals surface area contributed by atoms with E-state index in [-0.39, 0.29) is 0 Å². The molecule has 0 aromatic carbocycles. The lowest BCUT2D eigenvalue weighted by Gasteiger charge is -1.98. The quantitative estimate of drug-likeness (QED) is 0.568. The molecule has 3 aromatic heterocycles. The molecule has 3 nitrogen and oxygen atoms in total. The lowest BCUT2D eigenvalue weighted by atomic mass is 10.4. The summed E-state index contributed by atoms with van der Waals surface area (Å²) >= 11 is 1.58. The van der Waals surface area contributed by atoms with Crippen LogP contribution in [0.3, 0.4) is 0 Å². The van der Waals surface area contributed by atoms with Crippen LogP contribution in [0, 0.1) is 0 Å². The van der Waals surface area contributed by atoms with Crippen molar-refractivity contribution in [3.05, 3.63) is 35.5 Å². The number of hydrogen-bond donors (Lipinski definition) is 0. The van der Waals surface area contributed by atoms with Gasteiger partial charge in [0.2, 0.25) is 0 Å². The van der Waals surface area contributed by atoms with Crippen LogP contribution in [0.1, 0.15) is 10.5 Å². The smallest absolute Gasteiger partial charge is 0.166 e. The van der Waals surface area contributed by atoms with Crippen molar-refractivity contribution < 1.29 is 4.79 Å². The Kier molecular flexibility index (Phi) is 1.46. The molecule has 0 fully saturated rings. The molecule has 68 valence electrons. The zero-order valence-corrected chi connectivity index (χ0v) is 7.99. The van der Waals surface area contributed by atoms with Crippen molar-refractivity contribution in [1.82, 2.24) is 9.38 Å². The zero-order valence-electron chi connectivity index (χ0n) is 7.18. The van der Waals surface area contributed by atoms with E-state index in [0.29, 0.717) is 5.69 Å². The number of rotatable bonds is 1. The summed E-state index contributed by atoms with van der Waals surface area (Å²) in [6.07, 6.45) is 2.65. The molecule has 4 heteroatoms. The number of thiophene rings is 1. The van der Waals surface area contributed by atoms with Gasteiger partial charge in [-0.3, -0.25) is 4.79 Å². The van der Waals surface area contributed by atoms with Crippen LogP contribution >= 0.6 is 11.3 Å². The van der Waals surface area contributed by atoms with Crippen molar-refractivity contribution in [1.29, 1.82) is 0 Å². The van der Waals surface area contributed by atoms with Gasteiger partial charge in [-0.25, -0.2) is 4.98 Å². The van der Waals surface area contributed by atoms with E-state index in [2.05, 4.69) is 4.98 Å². The molecule has 14 heavy (non-hydrogen) atoms. The molecule has 3 aromatic rings. The SMILES string of the molecule is O=Cc1ccc2cnc3sccc3n12. The van der Waals surface area contributed by atoms with Gasteiger partial charge in [-0.1, -0.05) is 0 Å². The molecule has 0 amide bonds. The first kappa shape index (κ1) is 7.70. The average molecular weight is 202 g/mol. The van der Waals surface area contributed by atoms with Gasteiger partial charge in [-0.2, -0.15) is 0 Å². The van der Waals surface area contributed by atoms with Crippen LogP contribution in [-0.4, -0.2) is 15.7 Å². The van der Waals surface area contributed by atoms with Crippen LogP contribution < -0.4 is 0 Å². The first-order valence-corrected chi connectivity index (χ1v) is 5.07. The maximum Gasteiger partial charge on any atom is 0.166 e. The molecule has 3 heterocycles. The second-order valence-corrected chi connectivity index (χ2v) is 3.90. The summed E-state index contributed by atoms with van der Waals surface area (Å²) in [7, 11) is 0. The summed E-state index contributed by atoms with van der Waals surface area (Å²) < 4.78 is 1.92. The predicted octanol–water partition coefficient (Wildman–Crippen LogP) is 2.36. The van der Waals surface area contributed by atoms with Crippen molar-refractivity contribution in [2.45, 2.75) is 0 Å². The summed E-state index contributed by atoms with van der Waals surface area (Å²) in [5, 5.41) is 1.98. The fraction of sp³-hybridized carbons (Fsp3) is 0. The Hall–Kier alpha value is -1.68. The average Bonchev–Trinajstić information content (AvgIpc) is 2.82. The van der Waals surface area contributed by atoms with Crippen molar-refractivity contribution in [3.63, 3.8) is 0 Å². The van der Waals surface area contributed by atoms with Crippen molar-refractivity contribution >= 4 is 33.5 Å². The molecule has 0 aliphatic heterocycles. The Morgan fingerprint density at radius 2 is 2.29 bits per heavy atom. The lowest BCUT2D eigenvalue weighted by Crippen LogP contribution is -1.91. The van der Waals surface area contributed by atoms with Gasteiger partial charge in [-0.15, -0.1) is 11.3 Å². The van der Waals surface area contributed by atoms with E-state index < -0.39 is 0 Å². The van der Waals surface area contributed by atoms with Gasteiger partial charge < -0.3 is 4.40 Å². The number of hydrogen-bond acceptors (Lipinski definition) is 3. The normalized spacial score (nSPS) is 11.1. The topological polar surface area (TPSA) is 34.4 Å². The third kappa shape index (κ3) is 0.858. The van der Waals surface area contributed by atoms with Gasteiger partial charge in [0.1, 0.15) is 4.83 Å². The first-order valence-electron chi connectivity index (χ1n) is 4.19. The van der Waals surface area contributed by atoms with Gasteiger partial charge in [-0.05, 0) is 23.6 Å². The summed E-state index contributed by atoms with van der Waals surface area (Å²) in [4.78, 5) is 16.1. The summed E-state index contributed by atoms with van der Waals surface area (Å²) in [6.45, 7) is 0. The summed E-state index contributed by atoms with van der Waals surface area (Å²) in [5.41, 5.74) is 2.63. The second-order valence-electron chi connectivity index (χ2n) is 3.01. The summed E-state index contributed by atoms with van der Waals surface area (Å²) in [6, 6.07) is 5.68. The van der Waals surface area contributed by atoms with E-state index >= 15 is 0 Å². The highest BCUT2D eigenvalue weighted by molar-refractivity contribution is 7.16. The molecular weight excluding hydrogens is 196 g/mol. The molecular formula is C10H6N2OS. The van der Waals surface area contributed by atoms with Crippen LogP contribution in [0.4, 0.5) is 0 Å². The Morgan fingerprint density at radius 1 is 1.36 bits per heavy atom. The Balaban J connectivity index is 2.64. The van der Waals surface area contributed by atoms with Crippen molar-refractivity contribution in [2.75, 3.05) is 0 Å². The first-order chi connectivity index (χ1) is 6.90. The molecule has 0 saturated carbocycles. The van der Waals surface area contributed by atoms with E-state index in [1.165, 1.54) is 0 Å². The minimum absolute atomic E-state index is 0.672. The molecule has 0 bridgehead atoms. The fourth-order valence-corrected chi connectivity index (χ4v) is 2.35. The molecule has 0 unspecified atom stereocenters. The highest BCUT2D eigenvalue weighted by atomic mass is 32.1. The van der Waals surface area contributed by atoms with Crippen LogP contribution in [-0.2, 0) is 0 Å². The monoisotopic (exact) mass is 202 g/mol. The Labute approximate surface area is 83.6 Å². The van der Waals surface area contributed by atoms with Gasteiger partial charge in [0.15, 0.2) is 6.29 Å². The summed E-state index contributed by atoms with van der Waals surface area (Å²) in [5.74, 6) is 0. The van der Waals surface area contributed by atoms with Gasteiger partial charge in [0.25, 0.3) is 0 Å². The molecule has 0 saturated heterocycles. The highest BCUT2D eigenvalue weighted by Crippen LogP contribution is 2.21. The number of fused-ring (bicyclic) bond motifs is 3. The van der Waals surface area contributed by atoms with E-state index in [4.69, 9.17) is 0 Å². The third-order valence-electron chi connectivity index (χ3n) is 2.24. The number of nitrogens with zero attached hydrogens (tertiary/aromatic N) is 2.